The molecule has 0 atom stereocenters. The molecule has 0 bridgehead atoms. The van der Waals surface area contributed by atoms with E-state index in [0.29, 0.717) is 5.56 Å². The highest BCUT2D eigenvalue weighted by molar-refractivity contribution is 5.96. The van der Waals surface area contributed by atoms with Crippen molar-refractivity contribution in [2.24, 2.45) is 5.10 Å². The van der Waals surface area contributed by atoms with Gasteiger partial charge in [-0.05, 0) is 38.1 Å². The number of rotatable bonds is 5. The average Bonchev–Trinajstić information content (AvgIpc) is 3.20. The Balaban J connectivity index is 1.76. The zero-order valence-electron chi connectivity index (χ0n) is 14.2. The summed E-state index contributed by atoms with van der Waals surface area (Å²) in [7, 11) is 0. The third kappa shape index (κ3) is 3.39. The Hall–Kier alpha value is -3.68. The summed E-state index contributed by atoms with van der Waals surface area (Å²) >= 11 is 0. The van der Waals surface area contributed by atoms with Crippen molar-refractivity contribution in [2.75, 3.05) is 0 Å². The number of hydrogen-bond donors (Lipinski definition) is 1. The predicted octanol–water partition coefficient (Wildman–Crippen LogP) is 3.36. The number of nitrogens with one attached hydrogen (secondary N) is 1. The maximum Gasteiger partial charge on any atom is 0.433 e. The monoisotopic (exact) mass is 352 g/mol. The first-order chi connectivity index (χ1) is 12.5. The van der Waals surface area contributed by atoms with Crippen LogP contribution in [0.15, 0.2) is 58.0 Å². The highest BCUT2D eigenvalue weighted by Gasteiger charge is 2.16. The summed E-state index contributed by atoms with van der Waals surface area (Å²) in [6, 6.07) is 14.1. The van der Waals surface area contributed by atoms with Gasteiger partial charge < -0.3 is 8.98 Å². The van der Waals surface area contributed by atoms with E-state index in [1.165, 1.54) is 18.3 Å². The molecule has 0 radical (unpaired) electrons. The van der Waals surface area contributed by atoms with E-state index in [-0.39, 0.29) is 17.6 Å². The SMILES string of the molecule is Cc1cc(C(=O)N/N=C\c2ccc([N+](=O)[O-])o2)c(C)n1-c1ccccc1. The molecule has 2 heterocycles. The van der Waals surface area contributed by atoms with Crippen LogP contribution >= 0.6 is 0 Å². The van der Waals surface area contributed by atoms with Crippen LogP contribution in [0, 0.1) is 24.0 Å². The molecule has 2 aromatic heterocycles. The second-order valence-electron chi connectivity index (χ2n) is 5.59. The van der Waals surface area contributed by atoms with Gasteiger partial charge in [-0.1, -0.05) is 18.2 Å². The quantitative estimate of drug-likeness (QED) is 0.432. The van der Waals surface area contributed by atoms with Gasteiger partial charge in [0.05, 0.1) is 17.8 Å². The van der Waals surface area contributed by atoms with E-state index >= 15 is 0 Å². The molecular weight excluding hydrogens is 336 g/mol. The third-order valence-corrected chi connectivity index (χ3v) is 3.84. The molecule has 0 spiro atoms. The zero-order valence-corrected chi connectivity index (χ0v) is 14.2. The normalized spacial score (nSPS) is 11.0. The maximum absolute atomic E-state index is 12.4. The molecule has 3 rings (SSSR count). The first-order valence-electron chi connectivity index (χ1n) is 7.79. The molecule has 1 amide bonds. The summed E-state index contributed by atoms with van der Waals surface area (Å²) in [5.41, 5.74) is 5.57. The van der Waals surface area contributed by atoms with E-state index < -0.39 is 4.92 Å². The highest BCUT2D eigenvalue weighted by Crippen LogP contribution is 2.20. The van der Waals surface area contributed by atoms with Gasteiger partial charge >= 0.3 is 5.88 Å². The molecule has 0 aliphatic heterocycles. The number of para-hydroxylation sites is 1. The van der Waals surface area contributed by atoms with E-state index in [2.05, 4.69) is 10.5 Å². The molecule has 132 valence electrons. The first-order valence-corrected chi connectivity index (χ1v) is 7.79. The van der Waals surface area contributed by atoms with Gasteiger partial charge in [0.15, 0.2) is 5.76 Å². The molecule has 8 heteroatoms. The summed E-state index contributed by atoms with van der Waals surface area (Å²) < 4.78 is 6.91. The predicted molar refractivity (Wildman–Crippen MR) is 95.7 cm³/mol. The minimum atomic E-state index is -0.644. The van der Waals surface area contributed by atoms with Gasteiger partial charge in [0.2, 0.25) is 0 Å². The van der Waals surface area contributed by atoms with Crippen molar-refractivity contribution in [3.05, 3.63) is 81.4 Å². The summed E-state index contributed by atoms with van der Waals surface area (Å²) in [5.74, 6) is -0.589. The van der Waals surface area contributed by atoms with Crippen LogP contribution in [0.1, 0.15) is 27.5 Å². The van der Waals surface area contributed by atoms with E-state index in [0.717, 1.165) is 17.1 Å². The van der Waals surface area contributed by atoms with Crippen LogP contribution < -0.4 is 5.43 Å². The Bertz CT molecular complexity index is 986. The number of hydrazone groups is 1. The molecule has 3 aromatic rings. The van der Waals surface area contributed by atoms with E-state index in [9.17, 15) is 14.9 Å². The Morgan fingerprint density at radius 3 is 2.62 bits per heavy atom. The molecular formula is C18H16N4O4. The molecule has 0 fully saturated rings. The second-order valence-corrected chi connectivity index (χ2v) is 5.59. The number of amides is 1. The standard InChI is InChI=1S/C18H16N4O4/c1-12-10-16(13(2)21(12)14-6-4-3-5-7-14)18(23)20-19-11-15-8-9-17(26-15)22(24)25/h3-11H,1-2H3,(H,20,23)/b19-11-. The van der Waals surface area contributed by atoms with Crippen LogP contribution in [-0.2, 0) is 0 Å². The Labute approximate surface area is 148 Å². The summed E-state index contributed by atoms with van der Waals surface area (Å²) in [6.07, 6.45) is 1.21. The number of aromatic nitrogens is 1. The van der Waals surface area contributed by atoms with Gasteiger partial charge in [-0.25, -0.2) is 5.43 Å². The number of hydrogen-bond acceptors (Lipinski definition) is 5. The molecule has 0 saturated carbocycles. The van der Waals surface area contributed by atoms with Crippen molar-refractivity contribution >= 4 is 18.0 Å². The average molecular weight is 352 g/mol. The van der Waals surface area contributed by atoms with Gasteiger partial charge in [0.1, 0.15) is 4.92 Å². The molecule has 8 nitrogen and oxygen atoms in total. The molecule has 0 aliphatic rings. The minimum absolute atomic E-state index is 0.173. The Morgan fingerprint density at radius 2 is 1.96 bits per heavy atom. The van der Waals surface area contributed by atoms with Gasteiger partial charge in [0.25, 0.3) is 5.91 Å². The fraction of sp³-hybridized carbons (Fsp3) is 0.111. The molecule has 0 unspecified atom stereocenters. The summed E-state index contributed by atoms with van der Waals surface area (Å²) in [6.45, 7) is 3.77. The lowest BCUT2D eigenvalue weighted by Gasteiger charge is -2.09. The van der Waals surface area contributed by atoms with Gasteiger partial charge in [-0.15, -0.1) is 0 Å². The smallest absolute Gasteiger partial charge is 0.400 e. The number of nitrogens with zero attached hydrogens (tertiary/aromatic N) is 3. The molecule has 26 heavy (non-hydrogen) atoms. The van der Waals surface area contributed by atoms with Crippen LogP contribution in [0.2, 0.25) is 0 Å². The van der Waals surface area contributed by atoms with Gasteiger partial charge in [-0.2, -0.15) is 5.10 Å². The fourth-order valence-corrected chi connectivity index (χ4v) is 2.69. The number of nitro groups is 1. The van der Waals surface area contributed by atoms with Gasteiger partial charge in [-0.3, -0.25) is 14.9 Å². The number of aryl methyl sites for hydroxylation is 1. The van der Waals surface area contributed by atoms with Crippen molar-refractivity contribution in [3.63, 3.8) is 0 Å². The van der Waals surface area contributed by atoms with E-state index in [1.54, 1.807) is 6.07 Å². The minimum Gasteiger partial charge on any atom is -0.400 e. The lowest BCUT2D eigenvalue weighted by Crippen LogP contribution is -2.18. The molecule has 1 N–H and O–H groups in total. The number of benzene rings is 1. The Kier molecular flexibility index (Phi) is 4.66. The fourth-order valence-electron chi connectivity index (χ4n) is 2.69. The van der Waals surface area contributed by atoms with E-state index in [4.69, 9.17) is 4.42 Å². The van der Waals surface area contributed by atoms with Crippen molar-refractivity contribution in [1.29, 1.82) is 0 Å². The maximum atomic E-state index is 12.4. The second kappa shape index (κ2) is 7.06. The highest BCUT2D eigenvalue weighted by atomic mass is 16.6. The topological polar surface area (TPSA) is 103 Å². The van der Waals surface area contributed by atoms with Crippen molar-refractivity contribution in [3.8, 4) is 5.69 Å². The summed E-state index contributed by atoms with van der Waals surface area (Å²) in [5, 5.41) is 14.4. The first kappa shape index (κ1) is 17.2. The number of carbonyl (C=O) groups is 1. The molecule has 1 aromatic carbocycles. The summed E-state index contributed by atoms with van der Waals surface area (Å²) in [4.78, 5) is 22.3. The Morgan fingerprint density at radius 1 is 1.23 bits per heavy atom. The lowest BCUT2D eigenvalue weighted by atomic mass is 10.2. The van der Waals surface area contributed by atoms with Crippen LogP contribution in [0.4, 0.5) is 5.88 Å². The van der Waals surface area contributed by atoms with Crippen molar-refractivity contribution in [1.82, 2.24) is 9.99 Å². The van der Waals surface area contributed by atoms with Crippen LogP contribution in [-0.4, -0.2) is 21.6 Å². The van der Waals surface area contributed by atoms with E-state index in [1.807, 2.05) is 48.7 Å². The number of carbonyl (C=O) groups excluding carboxylic acids is 1. The molecule has 0 aliphatic carbocycles. The third-order valence-electron chi connectivity index (χ3n) is 3.84. The van der Waals surface area contributed by atoms with Gasteiger partial charge in [0, 0.05) is 17.1 Å². The van der Waals surface area contributed by atoms with Crippen LogP contribution in [0.5, 0.6) is 0 Å². The number of furan rings is 1. The molecule has 0 saturated heterocycles. The van der Waals surface area contributed by atoms with Crippen LogP contribution in [0.3, 0.4) is 0 Å². The zero-order chi connectivity index (χ0) is 18.7. The van der Waals surface area contributed by atoms with Crippen molar-refractivity contribution < 1.29 is 14.1 Å². The van der Waals surface area contributed by atoms with Crippen LogP contribution in [0.25, 0.3) is 5.69 Å². The lowest BCUT2D eigenvalue weighted by molar-refractivity contribution is -0.402. The largest absolute Gasteiger partial charge is 0.433 e. The van der Waals surface area contributed by atoms with Crippen molar-refractivity contribution in [2.45, 2.75) is 13.8 Å².